The molecule has 0 radical (unpaired) electrons. The van der Waals surface area contributed by atoms with Gasteiger partial charge in [-0.25, -0.2) is 4.98 Å². The predicted molar refractivity (Wildman–Crippen MR) is 138 cm³/mol. The molecule has 4 aromatic rings. The van der Waals surface area contributed by atoms with Crippen LogP contribution in [0.4, 0.5) is 0 Å². The molecule has 2 N–H and O–H groups in total. The van der Waals surface area contributed by atoms with Crippen LogP contribution >= 0.6 is 11.3 Å². The normalized spacial score (nSPS) is 14.9. The van der Waals surface area contributed by atoms with Crippen LogP contribution in [-0.2, 0) is 4.74 Å². The van der Waals surface area contributed by atoms with Crippen LogP contribution in [0, 0.1) is 0 Å². The number of rotatable bonds is 6. The van der Waals surface area contributed by atoms with E-state index in [0.29, 0.717) is 17.7 Å². The number of fused-ring (bicyclic) bond motifs is 3. The van der Waals surface area contributed by atoms with E-state index < -0.39 is 0 Å². The second kappa shape index (κ2) is 9.41. The molecular formula is C26H29N5O3S. The van der Waals surface area contributed by atoms with E-state index in [2.05, 4.69) is 29.4 Å². The highest BCUT2D eigenvalue weighted by atomic mass is 32.1. The van der Waals surface area contributed by atoms with Gasteiger partial charge in [0.05, 0.1) is 29.1 Å². The lowest BCUT2D eigenvalue weighted by Crippen LogP contribution is -2.55. The van der Waals surface area contributed by atoms with Gasteiger partial charge in [0.1, 0.15) is 0 Å². The smallest absolute Gasteiger partial charge is 0.251 e. The number of hydrogen-bond acceptors (Lipinski definition) is 6. The van der Waals surface area contributed by atoms with Crippen LogP contribution in [-0.4, -0.2) is 71.5 Å². The minimum Gasteiger partial charge on any atom is -0.379 e. The van der Waals surface area contributed by atoms with Crippen molar-refractivity contribution >= 4 is 38.3 Å². The molecule has 0 spiro atoms. The largest absolute Gasteiger partial charge is 0.379 e. The molecule has 8 nitrogen and oxygen atoms in total. The minimum atomic E-state index is -0.137. The predicted octanol–water partition coefficient (Wildman–Crippen LogP) is 3.42. The Kier molecular flexibility index (Phi) is 6.31. The van der Waals surface area contributed by atoms with Crippen molar-refractivity contribution in [3.8, 4) is 11.3 Å². The van der Waals surface area contributed by atoms with E-state index in [4.69, 9.17) is 9.72 Å². The van der Waals surface area contributed by atoms with Crippen molar-refractivity contribution in [1.82, 2.24) is 24.9 Å². The molecule has 0 saturated carbocycles. The monoisotopic (exact) mass is 491 g/mol. The maximum Gasteiger partial charge on any atom is 0.251 e. The third-order valence-electron chi connectivity index (χ3n) is 6.57. The number of hydrogen-bond donors (Lipinski definition) is 2. The number of nitrogens with one attached hydrogen (secondary N) is 2. The summed E-state index contributed by atoms with van der Waals surface area (Å²) in [5, 5.41) is 5.74. The standard InChI is InChI=1S/C26H29N5O3S/c1-26(2,30-10-12-34-13-11-30)16-28-24(33)19-8-9-21-22(14-19)35-25-29-20(15-31(21)25)17-4-6-18(7-5-17)23(32)27-3/h4-9,14-15H,10-13,16H2,1-3H3,(H,27,32)(H,28,33). The number of morpholine rings is 1. The zero-order valence-electron chi connectivity index (χ0n) is 20.1. The van der Waals surface area contributed by atoms with Gasteiger partial charge in [-0.3, -0.25) is 18.9 Å². The van der Waals surface area contributed by atoms with Crippen LogP contribution in [0.2, 0.25) is 0 Å². The Labute approximate surface area is 207 Å². The van der Waals surface area contributed by atoms with Gasteiger partial charge >= 0.3 is 0 Å². The first-order valence-electron chi connectivity index (χ1n) is 11.7. The van der Waals surface area contributed by atoms with Crippen molar-refractivity contribution in [2.75, 3.05) is 39.9 Å². The lowest BCUT2D eigenvalue weighted by Gasteiger charge is -2.40. The van der Waals surface area contributed by atoms with Gasteiger partial charge in [0.2, 0.25) is 0 Å². The van der Waals surface area contributed by atoms with Gasteiger partial charge in [-0.05, 0) is 44.2 Å². The van der Waals surface area contributed by atoms with Gasteiger partial charge in [0, 0.05) is 55.1 Å². The van der Waals surface area contributed by atoms with Crippen LogP contribution in [0.15, 0.2) is 48.7 Å². The van der Waals surface area contributed by atoms with E-state index >= 15 is 0 Å². The SMILES string of the molecule is CNC(=O)c1ccc(-c2cn3c(n2)sc2cc(C(=O)NCC(C)(C)N4CCOCC4)ccc23)cc1. The third-order valence-corrected chi connectivity index (χ3v) is 7.59. The second-order valence-electron chi connectivity index (χ2n) is 9.31. The molecule has 5 rings (SSSR count). The topological polar surface area (TPSA) is 88.0 Å². The van der Waals surface area contributed by atoms with Crippen LogP contribution in [0.5, 0.6) is 0 Å². The van der Waals surface area contributed by atoms with Gasteiger partial charge in [-0.1, -0.05) is 23.5 Å². The average molecular weight is 492 g/mol. The number of aromatic nitrogens is 2. The number of benzene rings is 2. The summed E-state index contributed by atoms with van der Waals surface area (Å²) >= 11 is 1.55. The van der Waals surface area contributed by atoms with Gasteiger partial charge in [-0.2, -0.15) is 0 Å². The quantitative estimate of drug-likeness (QED) is 0.432. The molecule has 9 heteroatoms. The van der Waals surface area contributed by atoms with Gasteiger partial charge in [0.15, 0.2) is 4.96 Å². The lowest BCUT2D eigenvalue weighted by atomic mass is 10.0. The molecule has 0 atom stereocenters. The summed E-state index contributed by atoms with van der Waals surface area (Å²) in [5.74, 6) is -0.186. The molecule has 35 heavy (non-hydrogen) atoms. The molecule has 1 aliphatic heterocycles. The number of thiazole rings is 1. The Morgan fingerprint density at radius 2 is 1.77 bits per heavy atom. The Morgan fingerprint density at radius 3 is 2.49 bits per heavy atom. The van der Waals surface area contributed by atoms with E-state index in [9.17, 15) is 9.59 Å². The van der Waals surface area contributed by atoms with Crippen molar-refractivity contribution in [1.29, 1.82) is 0 Å². The molecule has 3 heterocycles. The van der Waals surface area contributed by atoms with E-state index in [1.807, 2.05) is 40.9 Å². The van der Waals surface area contributed by atoms with Gasteiger partial charge < -0.3 is 15.4 Å². The fourth-order valence-electron chi connectivity index (χ4n) is 4.40. The number of amides is 2. The van der Waals surface area contributed by atoms with Crippen molar-refractivity contribution in [2.24, 2.45) is 0 Å². The molecule has 1 fully saturated rings. The summed E-state index contributed by atoms with van der Waals surface area (Å²) in [4.78, 5) is 32.7. The summed E-state index contributed by atoms with van der Waals surface area (Å²) in [5.41, 5.74) is 3.92. The highest BCUT2D eigenvalue weighted by Crippen LogP contribution is 2.30. The molecule has 2 aromatic heterocycles. The fraction of sp³-hybridized carbons (Fsp3) is 0.346. The highest BCUT2D eigenvalue weighted by Gasteiger charge is 2.28. The van der Waals surface area contributed by atoms with Crippen molar-refractivity contribution in [3.63, 3.8) is 0 Å². The Hall–Kier alpha value is -3.27. The zero-order valence-corrected chi connectivity index (χ0v) is 20.9. The van der Waals surface area contributed by atoms with E-state index in [1.54, 1.807) is 30.5 Å². The first kappa shape index (κ1) is 23.5. The van der Waals surface area contributed by atoms with Crippen molar-refractivity contribution in [3.05, 3.63) is 59.8 Å². The van der Waals surface area contributed by atoms with Crippen LogP contribution in [0.3, 0.4) is 0 Å². The number of imidazole rings is 1. The molecule has 2 aromatic carbocycles. The summed E-state index contributed by atoms with van der Waals surface area (Å²) < 4.78 is 8.50. The Bertz CT molecular complexity index is 1380. The third kappa shape index (κ3) is 4.67. The molecule has 0 unspecified atom stereocenters. The summed E-state index contributed by atoms with van der Waals surface area (Å²) in [6.07, 6.45) is 1.99. The Morgan fingerprint density at radius 1 is 1.06 bits per heavy atom. The number of carbonyl (C=O) groups is 2. The maximum atomic E-state index is 12.9. The average Bonchev–Trinajstić information content (AvgIpc) is 3.45. The molecule has 1 saturated heterocycles. The van der Waals surface area contributed by atoms with E-state index in [1.165, 1.54) is 0 Å². The number of carbonyl (C=O) groups excluding carboxylic acids is 2. The van der Waals surface area contributed by atoms with Gasteiger partial charge in [0.25, 0.3) is 11.8 Å². The number of ether oxygens (including phenoxy) is 1. The lowest BCUT2D eigenvalue weighted by molar-refractivity contribution is -0.00923. The Balaban J connectivity index is 1.32. The van der Waals surface area contributed by atoms with Crippen LogP contribution < -0.4 is 10.6 Å². The summed E-state index contributed by atoms with van der Waals surface area (Å²) in [6, 6.07) is 13.2. The van der Waals surface area contributed by atoms with Crippen LogP contribution in [0.1, 0.15) is 34.6 Å². The molecule has 182 valence electrons. The summed E-state index contributed by atoms with van der Waals surface area (Å²) in [6.45, 7) is 8.10. The molecular weight excluding hydrogens is 462 g/mol. The summed E-state index contributed by atoms with van der Waals surface area (Å²) in [7, 11) is 1.62. The van der Waals surface area contributed by atoms with E-state index in [-0.39, 0.29) is 17.4 Å². The van der Waals surface area contributed by atoms with Crippen LogP contribution in [0.25, 0.3) is 26.4 Å². The number of nitrogens with zero attached hydrogens (tertiary/aromatic N) is 3. The van der Waals surface area contributed by atoms with Gasteiger partial charge in [-0.15, -0.1) is 0 Å². The maximum absolute atomic E-state index is 12.9. The fourth-order valence-corrected chi connectivity index (χ4v) is 5.44. The minimum absolute atomic E-state index is 0.0730. The van der Waals surface area contributed by atoms with Crippen molar-refractivity contribution in [2.45, 2.75) is 19.4 Å². The molecule has 2 amide bonds. The first-order chi connectivity index (χ1) is 16.9. The first-order valence-corrected chi connectivity index (χ1v) is 12.5. The molecule has 0 bridgehead atoms. The second-order valence-corrected chi connectivity index (χ2v) is 10.3. The van der Waals surface area contributed by atoms with Crippen molar-refractivity contribution < 1.29 is 14.3 Å². The van der Waals surface area contributed by atoms with E-state index in [0.717, 1.165) is 52.7 Å². The zero-order chi connectivity index (χ0) is 24.6. The molecule has 0 aliphatic carbocycles. The highest BCUT2D eigenvalue weighted by molar-refractivity contribution is 7.23. The molecule has 1 aliphatic rings.